The summed E-state index contributed by atoms with van der Waals surface area (Å²) >= 11 is 1.48. The average Bonchev–Trinajstić information content (AvgIpc) is 2.34. The molecular formula is C11H16N2O3S2. The van der Waals surface area contributed by atoms with Gasteiger partial charge in [-0.25, -0.2) is 14.3 Å². The molecule has 1 aromatic carbocycles. The third kappa shape index (κ3) is 4.32. The van der Waals surface area contributed by atoms with Gasteiger partial charge in [0.25, 0.3) is 0 Å². The summed E-state index contributed by atoms with van der Waals surface area (Å²) in [5.74, 6) is 5.21. The molecule has 18 heavy (non-hydrogen) atoms. The highest BCUT2D eigenvalue weighted by atomic mass is 32.2. The van der Waals surface area contributed by atoms with E-state index in [0.29, 0.717) is 10.6 Å². The van der Waals surface area contributed by atoms with Crippen LogP contribution in [0.3, 0.4) is 0 Å². The third-order valence-corrected chi connectivity index (χ3v) is 4.74. The van der Waals surface area contributed by atoms with Crippen molar-refractivity contribution >= 4 is 27.5 Å². The molecule has 0 radical (unpaired) electrons. The predicted octanol–water partition coefficient (Wildman–Crippen LogP) is 0.808. The summed E-state index contributed by atoms with van der Waals surface area (Å²) < 4.78 is 22.5. The summed E-state index contributed by atoms with van der Waals surface area (Å²) in [7, 11) is -3.16. The van der Waals surface area contributed by atoms with Crippen molar-refractivity contribution in [2.24, 2.45) is 11.8 Å². The molecule has 0 aliphatic carbocycles. The Bertz CT molecular complexity index is 512. The van der Waals surface area contributed by atoms with Crippen LogP contribution in [0.5, 0.6) is 0 Å². The summed E-state index contributed by atoms with van der Waals surface area (Å²) in [6.07, 6.45) is 1.17. The molecule has 0 fully saturated rings. The normalized spacial score (nSPS) is 13.1. The van der Waals surface area contributed by atoms with Crippen LogP contribution >= 0.6 is 11.8 Å². The lowest BCUT2D eigenvalue weighted by Gasteiger charge is -2.09. The van der Waals surface area contributed by atoms with E-state index < -0.39 is 9.84 Å². The Morgan fingerprint density at radius 3 is 2.39 bits per heavy atom. The zero-order chi connectivity index (χ0) is 13.8. The molecule has 0 spiro atoms. The topological polar surface area (TPSA) is 89.3 Å². The van der Waals surface area contributed by atoms with E-state index in [-0.39, 0.29) is 11.8 Å². The molecule has 0 aliphatic heterocycles. The largest absolute Gasteiger partial charge is 0.294 e. The highest BCUT2D eigenvalue weighted by Crippen LogP contribution is 2.22. The van der Waals surface area contributed by atoms with Gasteiger partial charge in [0.05, 0.1) is 4.90 Å². The fraction of sp³-hybridized carbons (Fsp3) is 0.364. The monoisotopic (exact) mass is 288 g/mol. The molecule has 0 aliphatic rings. The Kier molecular flexibility index (Phi) is 5.18. The SMILES string of the molecule is CC(CSc1ccc(S(C)(=O)=O)cc1)C(=O)NN. The van der Waals surface area contributed by atoms with E-state index >= 15 is 0 Å². The van der Waals surface area contributed by atoms with Crippen LogP contribution in [-0.4, -0.2) is 26.3 Å². The lowest BCUT2D eigenvalue weighted by atomic mass is 10.2. The van der Waals surface area contributed by atoms with Crippen LogP contribution in [0.2, 0.25) is 0 Å². The number of hydrogen-bond acceptors (Lipinski definition) is 5. The highest BCUT2D eigenvalue weighted by Gasteiger charge is 2.12. The Balaban J connectivity index is 2.63. The molecular weight excluding hydrogens is 272 g/mol. The smallest absolute Gasteiger partial charge is 0.237 e. The van der Waals surface area contributed by atoms with Gasteiger partial charge in [-0.1, -0.05) is 6.92 Å². The molecule has 7 heteroatoms. The molecule has 1 aromatic rings. The minimum atomic E-state index is -3.16. The maximum atomic E-state index is 11.3. The fourth-order valence-electron chi connectivity index (χ4n) is 1.22. The van der Waals surface area contributed by atoms with Gasteiger partial charge in [-0.05, 0) is 24.3 Å². The second kappa shape index (κ2) is 6.21. The molecule has 5 nitrogen and oxygen atoms in total. The summed E-state index contributed by atoms with van der Waals surface area (Å²) in [5.41, 5.74) is 2.10. The zero-order valence-electron chi connectivity index (χ0n) is 10.2. The molecule has 0 aromatic heterocycles. The van der Waals surface area contributed by atoms with Crippen molar-refractivity contribution < 1.29 is 13.2 Å². The minimum absolute atomic E-state index is 0.199. The van der Waals surface area contributed by atoms with Crippen LogP contribution in [0, 0.1) is 5.92 Å². The van der Waals surface area contributed by atoms with Crippen molar-refractivity contribution in [1.82, 2.24) is 5.43 Å². The number of benzene rings is 1. The summed E-state index contributed by atoms with van der Waals surface area (Å²) in [6, 6.07) is 6.58. The first kappa shape index (κ1) is 15.0. The number of carbonyl (C=O) groups is 1. The number of sulfone groups is 1. The van der Waals surface area contributed by atoms with E-state index in [2.05, 4.69) is 5.43 Å². The lowest BCUT2D eigenvalue weighted by molar-refractivity contribution is -0.123. The van der Waals surface area contributed by atoms with Crippen molar-refractivity contribution in [2.75, 3.05) is 12.0 Å². The van der Waals surface area contributed by atoms with Crippen molar-refractivity contribution in [3.63, 3.8) is 0 Å². The number of thioether (sulfide) groups is 1. The van der Waals surface area contributed by atoms with Gasteiger partial charge in [0.1, 0.15) is 0 Å². The van der Waals surface area contributed by atoms with Gasteiger partial charge in [0.15, 0.2) is 9.84 Å². The van der Waals surface area contributed by atoms with Crippen molar-refractivity contribution in [2.45, 2.75) is 16.7 Å². The number of nitrogens with one attached hydrogen (secondary N) is 1. The minimum Gasteiger partial charge on any atom is -0.294 e. The lowest BCUT2D eigenvalue weighted by Crippen LogP contribution is -2.35. The molecule has 100 valence electrons. The van der Waals surface area contributed by atoms with Crippen LogP contribution in [-0.2, 0) is 14.6 Å². The van der Waals surface area contributed by atoms with E-state index in [1.807, 2.05) is 0 Å². The first-order chi connectivity index (χ1) is 8.34. The first-order valence-corrected chi connectivity index (χ1v) is 8.15. The number of hydrazine groups is 1. The third-order valence-electron chi connectivity index (χ3n) is 2.34. The number of carbonyl (C=O) groups excluding carboxylic acids is 1. The summed E-state index contributed by atoms with van der Waals surface area (Å²) in [5, 5.41) is 0. The van der Waals surface area contributed by atoms with E-state index in [1.165, 1.54) is 18.0 Å². The van der Waals surface area contributed by atoms with Gasteiger partial charge in [0, 0.05) is 22.8 Å². The van der Waals surface area contributed by atoms with Crippen LogP contribution in [0.1, 0.15) is 6.92 Å². The Morgan fingerprint density at radius 1 is 1.39 bits per heavy atom. The number of hydrogen-bond donors (Lipinski definition) is 2. The van der Waals surface area contributed by atoms with Gasteiger partial charge < -0.3 is 0 Å². The second-order valence-corrected chi connectivity index (χ2v) is 7.07. The van der Waals surface area contributed by atoms with Gasteiger partial charge in [-0.15, -0.1) is 11.8 Å². The summed E-state index contributed by atoms with van der Waals surface area (Å²) in [6.45, 7) is 1.78. The Labute approximate surface area is 111 Å². The van der Waals surface area contributed by atoms with Gasteiger partial charge in [0.2, 0.25) is 5.91 Å². The number of nitrogens with two attached hydrogens (primary N) is 1. The molecule has 1 atom stereocenters. The molecule has 0 saturated carbocycles. The van der Waals surface area contributed by atoms with Gasteiger partial charge in [-0.2, -0.15) is 0 Å². The number of rotatable bonds is 5. The van der Waals surface area contributed by atoms with E-state index in [4.69, 9.17) is 5.84 Å². The molecule has 1 amide bonds. The van der Waals surface area contributed by atoms with Crippen molar-refractivity contribution in [3.05, 3.63) is 24.3 Å². The van der Waals surface area contributed by atoms with E-state index in [1.54, 1.807) is 31.2 Å². The molecule has 0 bridgehead atoms. The maximum Gasteiger partial charge on any atom is 0.237 e. The molecule has 0 saturated heterocycles. The molecule has 0 heterocycles. The fourth-order valence-corrected chi connectivity index (χ4v) is 2.78. The van der Waals surface area contributed by atoms with Crippen molar-refractivity contribution in [3.8, 4) is 0 Å². The van der Waals surface area contributed by atoms with Crippen molar-refractivity contribution in [1.29, 1.82) is 0 Å². The summed E-state index contributed by atoms with van der Waals surface area (Å²) in [4.78, 5) is 12.4. The van der Waals surface area contributed by atoms with Crippen LogP contribution in [0.25, 0.3) is 0 Å². The van der Waals surface area contributed by atoms with E-state index in [9.17, 15) is 13.2 Å². The second-order valence-electron chi connectivity index (χ2n) is 3.96. The quantitative estimate of drug-likeness (QED) is 0.362. The standard InChI is InChI=1S/C11H16N2O3S2/c1-8(11(14)13-12)7-17-9-3-5-10(6-4-9)18(2,15)16/h3-6,8H,7,12H2,1-2H3,(H,13,14). The van der Waals surface area contributed by atoms with E-state index in [0.717, 1.165) is 4.90 Å². The molecule has 3 N–H and O–H groups in total. The Morgan fingerprint density at radius 2 is 1.94 bits per heavy atom. The molecule has 1 unspecified atom stereocenters. The maximum absolute atomic E-state index is 11.3. The van der Waals surface area contributed by atoms with Crippen LogP contribution in [0.4, 0.5) is 0 Å². The number of amides is 1. The first-order valence-electron chi connectivity index (χ1n) is 5.28. The zero-order valence-corrected chi connectivity index (χ0v) is 11.8. The predicted molar refractivity (Wildman–Crippen MR) is 71.8 cm³/mol. The Hall–Kier alpha value is -1.05. The average molecular weight is 288 g/mol. The van der Waals surface area contributed by atoms with Crippen LogP contribution in [0.15, 0.2) is 34.1 Å². The van der Waals surface area contributed by atoms with Crippen LogP contribution < -0.4 is 11.3 Å². The highest BCUT2D eigenvalue weighted by molar-refractivity contribution is 7.99. The van der Waals surface area contributed by atoms with Gasteiger partial charge in [-0.3, -0.25) is 10.2 Å². The van der Waals surface area contributed by atoms with Gasteiger partial charge >= 0.3 is 0 Å². The molecule has 1 rings (SSSR count).